The lowest BCUT2D eigenvalue weighted by Crippen LogP contribution is -2.50. The fourth-order valence-electron chi connectivity index (χ4n) is 2.31. The zero-order valence-corrected chi connectivity index (χ0v) is 11.4. The van der Waals surface area contributed by atoms with E-state index in [0.717, 1.165) is 25.7 Å². The lowest BCUT2D eigenvalue weighted by Gasteiger charge is -2.33. The van der Waals surface area contributed by atoms with Crippen LogP contribution in [0.5, 0.6) is 5.75 Å². The minimum Gasteiger partial charge on any atom is -0.492 e. The largest absolute Gasteiger partial charge is 0.492 e. The first-order chi connectivity index (χ1) is 9.48. The number of hydrogen-bond acceptors (Lipinski definition) is 3. The van der Waals surface area contributed by atoms with Crippen molar-refractivity contribution >= 4 is 0 Å². The van der Waals surface area contributed by atoms with Crippen molar-refractivity contribution in [3.8, 4) is 5.75 Å². The molecule has 0 saturated carbocycles. The Hall–Kier alpha value is -1.27. The molecule has 0 aliphatic carbocycles. The maximum Gasteiger partial charge on any atom is 0.419 e. The average Bonchev–Trinajstić information content (AvgIpc) is 2.40. The standard InChI is InChI=1S/C14H19F3N2O/c1-11-10-18-6-7-19(11)8-9-20-13-5-3-2-4-12(13)14(15,16)17/h2-5,11,18H,6-10H2,1H3/t11-/m0/s1. The van der Waals surface area contributed by atoms with E-state index in [-0.39, 0.29) is 12.4 Å². The lowest BCUT2D eigenvalue weighted by atomic mass is 10.2. The second kappa shape index (κ2) is 6.45. The molecule has 1 saturated heterocycles. The van der Waals surface area contributed by atoms with Gasteiger partial charge in [-0.1, -0.05) is 12.1 Å². The summed E-state index contributed by atoms with van der Waals surface area (Å²) in [6.45, 7) is 5.69. The highest BCUT2D eigenvalue weighted by Crippen LogP contribution is 2.35. The van der Waals surface area contributed by atoms with Gasteiger partial charge in [0, 0.05) is 32.2 Å². The zero-order chi connectivity index (χ0) is 14.6. The van der Waals surface area contributed by atoms with Crippen molar-refractivity contribution in [2.24, 2.45) is 0 Å². The van der Waals surface area contributed by atoms with Crippen LogP contribution in [0.1, 0.15) is 12.5 Å². The van der Waals surface area contributed by atoms with Gasteiger partial charge in [-0.15, -0.1) is 0 Å². The molecule has 1 aliphatic rings. The van der Waals surface area contributed by atoms with Gasteiger partial charge in [-0.05, 0) is 19.1 Å². The number of benzene rings is 1. The molecule has 1 N–H and O–H groups in total. The van der Waals surface area contributed by atoms with Crippen molar-refractivity contribution in [3.05, 3.63) is 29.8 Å². The van der Waals surface area contributed by atoms with Crippen LogP contribution in [0.4, 0.5) is 13.2 Å². The van der Waals surface area contributed by atoms with Gasteiger partial charge in [0.1, 0.15) is 12.4 Å². The molecule has 0 bridgehead atoms. The molecule has 20 heavy (non-hydrogen) atoms. The highest BCUT2D eigenvalue weighted by atomic mass is 19.4. The smallest absolute Gasteiger partial charge is 0.419 e. The summed E-state index contributed by atoms with van der Waals surface area (Å²) in [5.74, 6) is -0.0946. The lowest BCUT2D eigenvalue weighted by molar-refractivity contribution is -0.139. The number of nitrogens with zero attached hydrogens (tertiary/aromatic N) is 1. The number of ether oxygens (including phenoxy) is 1. The van der Waals surface area contributed by atoms with Crippen LogP contribution < -0.4 is 10.1 Å². The molecule has 6 heteroatoms. The summed E-state index contributed by atoms with van der Waals surface area (Å²) >= 11 is 0. The first-order valence-corrected chi connectivity index (χ1v) is 6.72. The van der Waals surface area contributed by atoms with Gasteiger partial charge >= 0.3 is 6.18 Å². The zero-order valence-electron chi connectivity index (χ0n) is 11.4. The Kier molecular flexibility index (Phi) is 4.88. The Bertz CT molecular complexity index is 437. The Balaban J connectivity index is 1.91. The SMILES string of the molecule is C[C@H]1CNCCN1CCOc1ccccc1C(F)(F)F. The number of piperazine rings is 1. The van der Waals surface area contributed by atoms with Gasteiger partial charge in [0.05, 0.1) is 5.56 Å². The molecule has 0 spiro atoms. The first-order valence-electron chi connectivity index (χ1n) is 6.72. The fourth-order valence-corrected chi connectivity index (χ4v) is 2.31. The van der Waals surface area contributed by atoms with Crippen LogP contribution in [0, 0.1) is 0 Å². The molecule has 1 aromatic rings. The van der Waals surface area contributed by atoms with E-state index >= 15 is 0 Å². The van der Waals surface area contributed by atoms with E-state index in [1.807, 2.05) is 0 Å². The van der Waals surface area contributed by atoms with Crippen molar-refractivity contribution in [2.45, 2.75) is 19.1 Å². The number of nitrogens with one attached hydrogen (secondary N) is 1. The molecule has 0 aromatic heterocycles. The molecule has 1 aliphatic heterocycles. The van der Waals surface area contributed by atoms with Gasteiger partial charge < -0.3 is 10.1 Å². The molecular weight excluding hydrogens is 269 g/mol. The summed E-state index contributed by atoms with van der Waals surface area (Å²) in [7, 11) is 0. The van der Waals surface area contributed by atoms with Gasteiger partial charge in [-0.3, -0.25) is 4.90 Å². The number of para-hydroxylation sites is 1. The summed E-state index contributed by atoms with van der Waals surface area (Å²) in [6.07, 6.45) is -4.38. The van der Waals surface area contributed by atoms with Crippen LogP contribution in [-0.4, -0.2) is 43.7 Å². The number of halogens is 3. The van der Waals surface area contributed by atoms with Crippen molar-refractivity contribution < 1.29 is 17.9 Å². The van der Waals surface area contributed by atoms with Crippen LogP contribution in [-0.2, 0) is 6.18 Å². The van der Waals surface area contributed by atoms with Crippen LogP contribution in [0.25, 0.3) is 0 Å². The Morgan fingerprint density at radius 3 is 2.80 bits per heavy atom. The third kappa shape index (κ3) is 3.86. The second-order valence-electron chi connectivity index (χ2n) is 4.93. The topological polar surface area (TPSA) is 24.5 Å². The van der Waals surface area contributed by atoms with Crippen LogP contribution >= 0.6 is 0 Å². The maximum absolute atomic E-state index is 12.8. The second-order valence-corrected chi connectivity index (χ2v) is 4.93. The van der Waals surface area contributed by atoms with E-state index in [9.17, 15) is 13.2 Å². The quantitative estimate of drug-likeness (QED) is 0.920. The highest BCUT2D eigenvalue weighted by molar-refractivity contribution is 5.35. The van der Waals surface area contributed by atoms with Gasteiger partial charge in [-0.25, -0.2) is 0 Å². The monoisotopic (exact) mass is 288 g/mol. The van der Waals surface area contributed by atoms with Crippen molar-refractivity contribution in [1.82, 2.24) is 10.2 Å². The summed E-state index contributed by atoms with van der Waals surface area (Å²) < 4.78 is 43.7. The molecule has 2 rings (SSSR count). The molecule has 3 nitrogen and oxygen atoms in total. The van der Waals surface area contributed by atoms with E-state index in [1.54, 1.807) is 6.07 Å². The van der Waals surface area contributed by atoms with Gasteiger partial charge in [0.25, 0.3) is 0 Å². The van der Waals surface area contributed by atoms with E-state index in [0.29, 0.717) is 12.6 Å². The van der Waals surface area contributed by atoms with Crippen molar-refractivity contribution in [3.63, 3.8) is 0 Å². The van der Waals surface area contributed by atoms with E-state index in [2.05, 4.69) is 17.1 Å². The highest BCUT2D eigenvalue weighted by Gasteiger charge is 2.34. The number of alkyl halides is 3. The summed E-state index contributed by atoms with van der Waals surface area (Å²) in [5, 5.41) is 3.27. The van der Waals surface area contributed by atoms with E-state index in [4.69, 9.17) is 4.74 Å². The number of rotatable bonds is 4. The van der Waals surface area contributed by atoms with Gasteiger partial charge in [0.15, 0.2) is 0 Å². The van der Waals surface area contributed by atoms with Crippen LogP contribution in [0.15, 0.2) is 24.3 Å². The maximum atomic E-state index is 12.8. The van der Waals surface area contributed by atoms with E-state index in [1.165, 1.54) is 12.1 Å². The predicted molar refractivity (Wildman–Crippen MR) is 70.8 cm³/mol. The number of hydrogen-bond donors (Lipinski definition) is 1. The molecule has 112 valence electrons. The third-order valence-electron chi connectivity index (χ3n) is 3.47. The van der Waals surface area contributed by atoms with Crippen LogP contribution in [0.2, 0.25) is 0 Å². The van der Waals surface area contributed by atoms with Crippen LogP contribution in [0.3, 0.4) is 0 Å². The summed E-state index contributed by atoms with van der Waals surface area (Å²) in [6, 6.07) is 5.71. The molecule has 0 unspecified atom stereocenters. The Morgan fingerprint density at radius 1 is 1.35 bits per heavy atom. The van der Waals surface area contributed by atoms with Gasteiger partial charge in [-0.2, -0.15) is 13.2 Å². The first kappa shape index (κ1) is 15.1. The Labute approximate surface area is 116 Å². The normalized spacial score (nSPS) is 20.9. The molecule has 1 fully saturated rings. The van der Waals surface area contributed by atoms with Gasteiger partial charge in [0.2, 0.25) is 0 Å². The molecule has 1 heterocycles. The minimum absolute atomic E-state index is 0.0946. The molecular formula is C14H19F3N2O. The van der Waals surface area contributed by atoms with Crippen molar-refractivity contribution in [2.75, 3.05) is 32.8 Å². The predicted octanol–water partition coefficient (Wildman–Crippen LogP) is 2.38. The average molecular weight is 288 g/mol. The molecule has 0 radical (unpaired) electrons. The third-order valence-corrected chi connectivity index (χ3v) is 3.47. The minimum atomic E-state index is -4.38. The van der Waals surface area contributed by atoms with Crippen molar-refractivity contribution in [1.29, 1.82) is 0 Å². The van der Waals surface area contributed by atoms with E-state index < -0.39 is 11.7 Å². The molecule has 0 amide bonds. The fraction of sp³-hybridized carbons (Fsp3) is 0.571. The molecule has 1 atom stereocenters. The summed E-state index contributed by atoms with van der Waals surface area (Å²) in [5.41, 5.74) is -0.714. The Morgan fingerprint density at radius 2 is 2.10 bits per heavy atom. The summed E-state index contributed by atoms with van der Waals surface area (Å²) in [4.78, 5) is 2.21. The molecule has 1 aromatic carbocycles.